The van der Waals surface area contributed by atoms with Gasteiger partial charge in [0.05, 0.1) is 0 Å². The zero-order chi connectivity index (χ0) is 40.1. The van der Waals surface area contributed by atoms with Gasteiger partial charge in [-0.05, 0) is 89.8 Å². The van der Waals surface area contributed by atoms with E-state index in [-0.39, 0.29) is 49.2 Å². The van der Waals surface area contributed by atoms with Crippen molar-refractivity contribution in [2.45, 2.75) is 97.1 Å². The fourth-order valence-corrected chi connectivity index (χ4v) is 6.79. The van der Waals surface area contributed by atoms with Crippen LogP contribution < -0.4 is 16.4 Å². The van der Waals surface area contributed by atoms with Gasteiger partial charge in [0, 0.05) is 42.4 Å². The molecule has 0 aromatic heterocycles. The number of carbonyl (C=O) groups excluding carboxylic acids is 7. The summed E-state index contributed by atoms with van der Waals surface area (Å²) in [5.74, 6) is -4.57. The van der Waals surface area contributed by atoms with E-state index in [2.05, 4.69) is 10.6 Å². The van der Waals surface area contributed by atoms with Gasteiger partial charge in [-0.3, -0.25) is 19.2 Å². The molecule has 2 aliphatic heterocycles. The molecule has 6 rings (SSSR count). The van der Waals surface area contributed by atoms with E-state index in [1.807, 2.05) is 0 Å². The van der Waals surface area contributed by atoms with Crippen molar-refractivity contribution in [2.24, 2.45) is 0 Å². The summed E-state index contributed by atoms with van der Waals surface area (Å²) in [6, 6.07) is 4.71. The van der Waals surface area contributed by atoms with Crippen molar-refractivity contribution in [1.29, 1.82) is 0 Å². The number of benzene rings is 2. The van der Waals surface area contributed by atoms with Gasteiger partial charge < -0.3 is 35.3 Å². The molecule has 0 bridgehead atoms. The molecular weight excluding hydrogens is 728 g/mol. The van der Waals surface area contributed by atoms with Crippen LogP contribution in [0.5, 0.6) is 0 Å². The maximum absolute atomic E-state index is 14.9. The molecule has 2 saturated heterocycles. The number of aryl methyl sites for hydroxylation is 2. The van der Waals surface area contributed by atoms with E-state index >= 15 is 0 Å². The molecule has 2 aliphatic carbocycles. The summed E-state index contributed by atoms with van der Waals surface area (Å²) in [4.78, 5) is 87.0. The highest BCUT2D eigenvalue weighted by molar-refractivity contribution is 6.07. The van der Waals surface area contributed by atoms with Crippen LogP contribution in [0.2, 0.25) is 0 Å². The van der Waals surface area contributed by atoms with E-state index < -0.39 is 89.1 Å². The van der Waals surface area contributed by atoms with Crippen LogP contribution in [-0.2, 0) is 62.2 Å². The largest absolute Gasteiger partial charge is 0.459 e. The van der Waals surface area contributed by atoms with Crippen LogP contribution in [0.15, 0.2) is 24.3 Å². The second kappa shape index (κ2) is 14.8. The Morgan fingerprint density at radius 1 is 0.764 bits per heavy atom. The lowest BCUT2D eigenvalue weighted by atomic mass is 9.94. The Labute approximate surface area is 315 Å². The zero-order valence-electron chi connectivity index (χ0n) is 30.8. The van der Waals surface area contributed by atoms with Crippen molar-refractivity contribution in [2.75, 3.05) is 31.2 Å². The van der Waals surface area contributed by atoms with Gasteiger partial charge >= 0.3 is 30.2 Å². The minimum absolute atomic E-state index is 0. The van der Waals surface area contributed by atoms with E-state index in [0.717, 1.165) is 12.1 Å². The van der Waals surface area contributed by atoms with Crippen molar-refractivity contribution in [3.05, 3.63) is 58.2 Å². The molecule has 0 radical (unpaired) electrons. The molecule has 2 spiro atoms. The van der Waals surface area contributed by atoms with E-state index in [1.54, 1.807) is 47.6 Å². The highest BCUT2D eigenvalue weighted by Crippen LogP contribution is 2.48. The standard InChI is InChI=1S/C19H22FN3O6.C17H19FN2O5.CH4/c1-18(2,3)28-13(24)9-23-15(25)19(29-17(23)27)6-5-10-7-11(22-16(26)21-4)8-12(20)14(10)19;1-16(2,3)24-12(21)8-20-14(22)17(25-15(20)23)5-4-9-6-10(19)7-11(18)13(9)17;/h7-8H,5-6,9H2,1-4H3,(H2,21,22,26);6-7H,4-5,8,19H2,1-3H3;1H4. The third-order valence-corrected chi connectivity index (χ3v) is 8.71. The number of fused-ring (bicyclic) bond motifs is 4. The topological polar surface area (TPSA) is 213 Å². The second-order valence-electron chi connectivity index (χ2n) is 15.1. The molecule has 298 valence electrons. The monoisotopic (exact) mass is 773 g/mol. The van der Waals surface area contributed by atoms with Crippen molar-refractivity contribution in [3.63, 3.8) is 0 Å². The lowest BCUT2D eigenvalue weighted by Gasteiger charge is -2.22. The third kappa shape index (κ3) is 8.17. The number of urea groups is 1. The lowest BCUT2D eigenvalue weighted by molar-refractivity contribution is -0.158. The van der Waals surface area contributed by atoms with Gasteiger partial charge in [0.15, 0.2) is 0 Å². The molecule has 4 aliphatic rings. The number of nitrogens with two attached hydrogens (primary N) is 1. The number of nitrogen functional groups attached to an aromatic ring is 1. The summed E-state index contributed by atoms with van der Waals surface area (Å²) < 4.78 is 50.2. The maximum Gasteiger partial charge on any atom is 0.418 e. The van der Waals surface area contributed by atoms with Gasteiger partial charge in [-0.2, -0.15) is 0 Å². The number of carbonyl (C=O) groups is 7. The summed E-state index contributed by atoms with van der Waals surface area (Å²) in [7, 11) is 1.42. The first-order chi connectivity index (χ1) is 25.0. The van der Waals surface area contributed by atoms with Gasteiger partial charge in [-0.15, -0.1) is 0 Å². The molecule has 2 atom stereocenters. The van der Waals surface area contributed by atoms with Crippen molar-refractivity contribution < 1.29 is 61.3 Å². The van der Waals surface area contributed by atoms with Gasteiger partial charge in [0.25, 0.3) is 11.8 Å². The Balaban J connectivity index is 0.000000243. The van der Waals surface area contributed by atoms with Crippen molar-refractivity contribution in [3.8, 4) is 0 Å². The first-order valence-electron chi connectivity index (χ1n) is 16.9. The average molecular weight is 774 g/mol. The molecule has 2 unspecified atom stereocenters. The van der Waals surface area contributed by atoms with Crippen LogP contribution in [0.1, 0.15) is 84.1 Å². The number of imide groups is 2. The summed E-state index contributed by atoms with van der Waals surface area (Å²) in [5.41, 5.74) is 1.91. The molecule has 0 saturated carbocycles. The molecule has 2 fully saturated rings. The number of halogens is 2. The number of hydrogen-bond acceptors (Lipinski definition) is 12. The molecule has 6 amide bonds. The molecule has 2 aromatic rings. The maximum atomic E-state index is 14.9. The average Bonchev–Trinajstić information content (AvgIpc) is 3.72. The van der Waals surface area contributed by atoms with E-state index in [0.29, 0.717) is 27.3 Å². The first-order valence-corrected chi connectivity index (χ1v) is 16.9. The van der Waals surface area contributed by atoms with E-state index in [4.69, 9.17) is 24.7 Å². The molecular formula is C37H45F2N5O11. The molecule has 18 heteroatoms. The number of ether oxygens (including phenoxy) is 4. The normalized spacial score (nSPS) is 21.0. The highest BCUT2D eigenvalue weighted by atomic mass is 19.1. The van der Waals surface area contributed by atoms with E-state index in [9.17, 15) is 42.3 Å². The SMILES string of the molecule is C.CC(C)(C)OC(=O)CN1C(=O)OC2(CCc3cc(N)cc(F)c32)C1=O.CNC(=O)Nc1cc(F)c2c(c1)CCC21OC(=O)N(CC(=O)OC(C)(C)C)C1=O. The van der Waals surface area contributed by atoms with Gasteiger partial charge in [0.2, 0.25) is 11.2 Å². The van der Waals surface area contributed by atoms with Crippen LogP contribution in [0.3, 0.4) is 0 Å². The summed E-state index contributed by atoms with van der Waals surface area (Å²) in [5, 5.41) is 4.82. The second-order valence-corrected chi connectivity index (χ2v) is 15.1. The molecule has 16 nitrogen and oxygen atoms in total. The van der Waals surface area contributed by atoms with Crippen LogP contribution >= 0.6 is 0 Å². The smallest absolute Gasteiger partial charge is 0.418 e. The first kappa shape index (κ1) is 41.9. The molecule has 2 aromatic carbocycles. The number of hydrogen-bond donors (Lipinski definition) is 3. The van der Waals surface area contributed by atoms with Crippen molar-refractivity contribution >= 4 is 53.3 Å². The number of anilines is 2. The Bertz CT molecular complexity index is 1970. The van der Waals surface area contributed by atoms with Crippen LogP contribution in [-0.4, -0.2) is 83.1 Å². The minimum atomic E-state index is -1.82. The Morgan fingerprint density at radius 3 is 1.60 bits per heavy atom. The Morgan fingerprint density at radius 2 is 1.18 bits per heavy atom. The van der Waals surface area contributed by atoms with Gasteiger partial charge in [-0.1, -0.05) is 7.43 Å². The summed E-state index contributed by atoms with van der Waals surface area (Å²) in [6.45, 7) is 8.78. The highest BCUT2D eigenvalue weighted by Gasteiger charge is 2.61. The number of rotatable bonds is 5. The minimum Gasteiger partial charge on any atom is -0.459 e. The molecule has 2 heterocycles. The molecule has 4 N–H and O–H groups in total. The Kier molecular flexibility index (Phi) is 11.3. The predicted molar refractivity (Wildman–Crippen MR) is 190 cm³/mol. The van der Waals surface area contributed by atoms with Gasteiger partial charge in [0.1, 0.15) is 35.9 Å². The summed E-state index contributed by atoms with van der Waals surface area (Å²) >= 11 is 0. The summed E-state index contributed by atoms with van der Waals surface area (Å²) in [6.07, 6.45) is -1.26. The van der Waals surface area contributed by atoms with Crippen LogP contribution in [0, 0.1) is 11.6 Å². The number of nitrogens with one attached hydrogen (secondary N) is 2. The Hall–Kier alpha value is -5.81. The van der Waals surface area contributed by atoms with Crippen molar-refractivity contribution in [1.82, 2.24) is 15.1 Å². The third-order valence-electron chi connectivity index (χ3n) is 8.71. The fraction of sp³-hybridized carbons (Fsp3) is 0.486. The van der Waals surface area contributed by atoms with E-state index in [1.165, 1.54) is 13.1 Å². The zero-order valence-corrected chi connectivity index (χ0v) is 30.8. The number of amides is 6. The fourth-order valence-electron chi connectivity index (χ4n) is 6.79. The quantitative estimate of drug-likeness (QED) is 0.217. The predicted octanol–water partition coefficient (Wildman–Crippen LogP) is 4.55. The van der Waals surface area contributed by atoms with Crippen LogP contribution in [0.4, 0.5) is 34.5 Å². The number of nitrogens with zero attached hydrogens (tertiary/aromatic N) is 2. The van der Waals surface area contributed by atoms with Crippen LogP contribution in [0.25, 0.3) is 0 Å². The van der Waals surface area contributed by atoms with Gasteiger partial charge in [-0.25, -0.2) is 33.0 Å². The molecule has 55 heavy (non-hydrogen) atoms. The lowest BCUT2D eigenvalue weighted by Crippen LogP contribution is -2.41. The number of esters is 2.